The van der Waals surface area contributed by atoms with Crippen molar-refractivity contribution in [1.29, 1.82) is 0 Å². The molecule has 3 rings (SSSR count). The number of fused-ring (bicyclic) bond motifs is 1. The summed E-state index contributed by atoms with van der Waals surface area (Å²) in [7, 11) is 1.67. The summed E-state index contributed by atoms with van der Waals surface area (Å²) < 4.78 is 5.73. The topological polar surface area (TPSA) is 70.2 Å². The first-order valence-electron chi connectivity index (χ1n) is 7.93. The third kappa shape index (κ3) is 2.52. The van der Waals surface area contributed by atoms with E-state index >= 15 is 0 Å². The number of hydrogen-bond acceptors (Lipinski definition) is 5. The highest BCUT2D eigenvalue weighted by molar-refractivity contribution is 6.29. The summed E-state index contributed by atoms with van der Waals surface area (Å²) in [5.74, 6) is -0.890. The molecule has 0 aromatic rings. The van der Waals surface area contributed by atoms with Gasteiger partial charge in [-0.25, -0.2) is 4.79 Å². The second-order valence-electron chi connectivity index (χ2n) is 5.41. The van der Waals surface area contributed by atoms with E-state index in [1.54, 1.807) is 50.1 Å². The second kappa shape index (κ2) is 6.32. The molecule has 128 valence electrons. The first-order valence-corrected chi connectivity index (χ1v) is 7.93. The molecule has 4 amide bonds. The standard InChI is InChI=1S/C18H17N3O4/c1-4-20-15(22)14(16(23)21(5-2)18(20)24)17-19(3)12-10-8-6-7-9-11-13(12)25-17/h6-9H,4-5H2,1-3H3/b7-6-. The van der Waals surface area contributed by atoms with Crippen LogP contribution in [0.15, 0.2) is 58.7 Å². The van der Waals surface area contributed by atoms with E-state index in [-0.39, 0.29) is 24.5 Å². The van der Waals surface area contributed by atoms with E-state index in [0.717, 1.165) is 9.80 Å². The SMILES string of the molecule is CCN1C(=O)C(=C2OC3=C=C/C=C\C=C=C3N2C)C(=O)N(CC)C1=O. The molecular formula is C18H17N3O4. The van der Waals surface area contributed by atoms with Crippen LogP contribution >= 0.6 is 0 Å². The molecule has 2 aliphatic heterocycles. The molecule has 3 aliphatic rings. The zero-order valence-corrected chi connectivity index (χ0v) is 14.2. The summed E-state index contributed by atoms with van der Waals surface area (Å²) in [4.78, 5) is 41.3. The van der Waals surface area contributed by atoms with Gasteiger partial charge < -0.3 is 9.64 Å². The number of ether oxygens (including phenoxy) is 1. The minimum absolute atomic E-state index is 0.0769. The molecule has 2 heterocycles. The van der Waals surface area contributed by atoms with E-state index in [1.165, 1.54) is 0 Å². The maximum atomic E-state index is 12.7. The number of rotatable bonds is 2. The summed E-state index contributed by atoms with van der Waals surface area (Å²) in [6, 6.07) is -0.613. The molecule has 0 spiro atoms. The first-order chi connectivity index (χ1) is 12.0. The highest BCUT2D eigenvalue weighted by atomic mass is 16.5. The van der Waals surface area contributed by atoms with Crippen molar-refractivity contribution >= 4 is 17.8 Å². The average Bonchev–Trinajstić information content (AvgIpc) is 2.84. The smallest absolute Gasteiger partial charge is 0.333 e. The number of carbonyl (C=O) groups is 3. The Labute approximate surface area is 145 Å². The molecule has 0 atom stereocenters. The van der Waals surface area contributed by atoms with Crippen molar-refractivity contribution in [1.82, 2.24) is 14.7 Å². The van der Waals surface area contributed by atoms with Gasteiger partial charge in [-0.2, -0.15) is 0 Å². The van der Waals surface area contributed by atoms with Gasteiger partial charge in [0.25, 0.3) is 11.8 Å². The summed E-state index contributed by atoms with van der Waals surface area (Å²) >= 11 is 0. The quantitative estimate of drug-likeness (QED) is 0.434. The number of nitrogens with zero attached hydrogens (tertiary/aromatic N) is 3. The van der Waals surface area contributed by atoms with Gasteiger partial charge in [-0.3, -0.25) is 19.4 Å². The van der Waals surface area contributed by atoms with Crippen LogP contribution in [0.5, 0.6) is 0 Å². The molecule has 7 nitrogen and oxygen atoms in total. The Morgan fingerprint density at radius 2 is 1.52 bits per heavy atom. The van der Waals surface area contributed by atoms with Crippen molar-refractivity contribution in [2.45, 2.75) is 13.8 Å². The highest BCUT2D eigenvalue weighted by Crippen LogP contribution is 2.34. The number of likely N-dealkylation sites (N-methyl/N-ethyl adjacent to an activating group) is 3. The average molecular weight is 339 g/mol. The van der Waals surface area contributed by atoms with Gasteiger partial charge in [0.1, 0.15) is 5.70 Å². The predicted molar refractivity (Wildman–Crippen MR) is 88.4 cm³/mol. The fourth-order valence-corrected chi connectivity index (χ4v) is 2.73. The maximum Gasteiger partial charge on any atom is 0.333 e. The Balaban J connectivity index is 2.17. The van der Waals surface area contributed by atoms with Gasteiger partial charge in [0.15, 0.2) is 5.57 Å². The van der Waals surface area contributed by atoms with Crippen molar-refractivity contribution in [2.24, 2.45) is 0 Å². The minimum Gasteiger partial charge on any atom is -0.428 e. The predicted octanol–water partition coefficient (Wildman–Crippen LogP) is 1.64. The molecule has 0 unspecified atom stereocenters. The van der Waals surface area contributed by atoms with Crippen molar-refractivity contribution < 1.29 is 19.1 Å². The number of carbonyl (C=O) groups excluding carboxylic acids is 3. The van der Waals surface area contributed by atoms with Gasteiger partial charge in [0.05, 0.1) is 0 Å². The Morgan fingerprint density at radius 3 is 2.08 bits per heavy atom. The van der Waals surface area contributed by atoms with Crippen LogP contribution in [0.25, 0.3) is 0 Å². The fraction of sp³-hybridized carbons (Fsp3) is 0.278. The normalized spacial score (nSPS) is 21.1. The molecule has 0 bridgehead atoms. The maximum absolute atomic E-state index is 12.7. The van der Waals surface area contributed by atoms with Gasteiger partial charge in [0, 0.05) is 20.1 Å². The molecule has 7 heteroatoms. The molecule has 0 N–H and O–H groups in total. The summed E-state index contributed by atoms with van der Waals surface area (Å²) in [5, 5.41) is 0. The van der Waals surface area contributed by atoms with Crippen molar-refractivity contribution in [3.05, 3.63) is 58.7 Å². The van der Waals surface area contributed by atoms with Crippen molar-refractivity contribution in [3.8, 4) is 0 Å². The molecule has 2 saturated heterocycles. The van der Waals surface area contributed by atoms with E-state index < -0.39 is 17.8 Å². The van der Waals surface area contributed by atoms with Crippen LogP contribution in [-0.2, 0) is 14.3 Å². The van der Waals surface area contributed by atoms with Crippen molar-refractivity contribution in [2.75, 3.05) is 20.1 Å². The van der Waals surface area contributed by atoms with Gasteiger partial charge in [-0.05, 0) is 26.0 Å². The van der Waals surface area contributed by atoms with Crippen LogP contribution < -0.4 is 0 Å². The number of urea groups is 1. The van der Waals surface area contributed by atoms with Gasteiger partial charge >= 0.3 is 6.03 Å². The second-order valence-corrected chi connectivity index (χ2v) is 5.41. The lowest BCUT2D eigenvalue weighted by molar-refractivity contribution is -0.136. The monoisotopic (exact) mass is 339 g/mol. The van der Waals surface area contributed by atoms with Crippen molar-refractivity contribution in [3.63, 3.8) is 0 Å². The Bertz CT molecular complexity index is 837. The summed E-state index contributed by atoms with van der Waals surface area (Å²) in [6.45, 7) is 3.68. The molecule has 0 aromatic heterocycles. The highest BCUT2D eigenvalue weighted by Gasteiger charge is 2.46. The van der Waals surface area contributed by atoms with E-state index in [9.17, 15) is 14.4 Å². The Kier molecular flexibility index (Phi) is 4.19. The van der Waals surface area contributed by atoms with Gasteiger partial charge in [-0.1, -0.05) is 23.6 Å². The van der Waals surface area contributed by atoms with E-state index in [4.69, 9.17) is 4.74 Å². The van der Waals surface area contributed by atoms with Crippen LogP contribution in [0.1, 0.15) is 13.8 Å². The molecule has 0 aromatic carbocycles. The van der Waals surface area contributed by atoms with Crippen LogP contribution in [0, 0.1) is 0 Å². The number of amides is 4. The number of barbiturate groups is 1. The Hall–Kier alpha value is -3.27. The minimum atomic E-state index is -0.661. The van der Waals surface area contributed by atoms with E-state index in [0.29, 0.717) is 11.5 Å². The summed E-state index contributed by atoms with van der Waals surface area (Å²) in [6.07, 6.45) is 6.91. The zero-order valence-electron chi connectivity index (χ0n) is 14.2. The Morgan fingerprint density at radius 1 is 0.960 bits per heavy atom. The lowest BCUT2D eigenvalue weighted by Gasteiger charge is -2.33. The molecule has 0 saturated carbocycles. The van der Waals surface area contributed by atoms with Gasteiger partial charge in [0.2, 0.25) is 11.6 Å². The first kappa shape index (κ1) is 16.6. The largest absolute Gasteiger partial charge is 0.428 e. The number of imide groups is 2. The van der Waals surface area contributed by atoms with Crippen LogP contribution in [-0.4, -0.2) is 52.7 Å². The van der Waals surface area contributed by atoms with E-state index in [1.807, 2.05) is 0 Å². The van der Waals surface area contributed by atoms with Crippen LogP contribution in [0.2, 0.25) is 0 Å². The molecule has 2 fully saturated rings. The third-order valence-electron chi connectivity index (χ3n) is 4.02. The molecule has 1 aliphatic carbocycles. The zero-order chi connectivity index (χ0) is 18.1. The lowest BCUT2D eigenvalue weighted by atomic mass is 10.1. The molecule has 0 radical (unpaired) electrons. The van der Waals surface area contributed by atoms with Crippen LogP contribution in [0.4, 0.5) is 4.79 Å². The molecular weight excluding hydrogens is 322 g/mol. The van der Waals surface area contributed by atoms with Gasteiger partial charge in [-0.15, -0.1) is 0 Å². The molecule has 25 heavy (non-hydrogen) atoms. The fourth-order valence-electron chi connectivity index (χ4n) is 2.73. The summed E-state index contributed by atoms with van der Waals surface area (Å²) in [5.41, 5.74) is 6.34. The number of allylic oxidation sites excluding steroid dienone is 2. The third-order valence-corrected chi connectivity index (χ3v) is 4.02. The van der Waals surface area contributed by atoms with Crippen LogP contribution in [0.3, 0.4) is 0 Å². The number of hydrogen-bond donors (Lipinski definition) is 0. The lowest BCUT2D eigenvalue weighted by Crippen LogP contribution is -2.56. The van der Waals surface area contributed by atoms with E-state index in [2.05, 4.69) is 11.5 Å².